The van der Waals surface area contributed by atoms with E-state index in [0.29, 0.717) is 0 Å². The Morgan fingerprint density at radius 1 is 1.38 bits per heavy atom. The van der Waals surface area contributed by atoms with E-state index < -0.39 is 0 Å². The smallest absolute Gasteiger partial charge is 0.239 e. The van der Waals surface area contributed by atoms with Crippen LogP contribution in [0.4, 0.5) is 0 Å². The zero-order chi connectivity index (χ0) is 10.3. The number of likely N-dealkylation sites (N-methyl/N-ethyl adjacent to an activating group) is 1. The van der Waals surface area contributed by atoms with Gasteiger partial charge in [0.1, 0.15) is 0 Å². The molecule has 1 unspecified atom stereocenters. The minimum atomic E-state index is -0.280. The molecule has 1 amide bonds. The molecule has 0 aromatic carbocycles. The van der Waals surface area contributed by atoms with E-state index in [2.05, 4.69) is 5.32 Å². The van der Waals surface area contributed by atoms with Crippen molar-refractivity contribution in [3.05, 3.63) is 0 Å². The number of carbonyl (C=O) groups excluding carboxylic acids is 1. The molecule has 1 atom stereocenters. The van der Waals surface area contributed by atoms with Crippen LogP contribution in [0, 0.1) is 0 Å². The average molecular weight is 190 g/mol. The molecule has 0 aromatic heterocycles. The Morgan fingerprint density at radius 3 is 2.15 bits per heavy atom. The van der Waals surface area contributed by atoms with Gasteiger partial charge in [0.05, 0.1) is 19.3 Å². The minimum Gasteiger partial charge on any atom is -0.395 e. The Labute approximate surface area is 78.4 Å². The number of amides is 1. The van der Waals surface area contributed by atoms with Gasteiger partial charge in [-0.25, -0.2) is 0 Å². The maximum atomic E-state index is 11.5. The van der Waals surface area contributed by atoms with Gasteiger partial charge >= 0.3 is 0 Å². The molecule has 0 spiro atoms. The van der Waals surface area contributed by atoms with Crippen molar-refractivity contribution in [3.63, 3.8) is 0 Å². The summed E-state index contributed by atoms with van der Waals surface area (Å²) in [4.78, 5) is 12.9. The van der Waals surface area contributed by atoms with E-state index in [0.717, 1.165) is 0 Å². The fourth-order valence-corrected chi connectivity index (χ4v) is 0.971. The van der Waals surface area contributed by atoms with Crippen LogP contribution in [0.15, 0.2) is 0 Å². The van der Waals surface area contributed by atoms with Gasteiger partial charge in [-0.3, -0.25) is 4.79 Å². The Morgan fingerprint density at radius 2 is 1.85 bits per heavy atom. The zero-order valence-corrected chi connectivity index (χ0v) is 8.16. The monoisotopic (exact) mass is 190 g/mol. The summed E-state index contributed by atoms with van der Waals surface area (Å²) < 4.78 is 0. The normalized spacial score (nSPS) is 12.6. The van der Waals surface area contributed by atoms with Gasteiger partial charge in [0.25, 0.3) is 0 Å². The summed E-state index contributed by atoms with van der Waals surface area (Å²) in [6.45, 7) is 2.12. The lowest BCUT2D eigenvalue weighted by atomic mass is 10.3. The Balaban J connectivity index is 4.09. The van der Waals surface area contributed by atoms with Crippen LogP contribution in [-0.2, 0) is 4.79 Å². The van der Waals surface area contributed by atoms with Crippen molar-refractivity contribution in [3.8, 4) is 0 Å². The fourth-order valence-electron chi connectivity index (χ4n) is 0.971. The number of hydrogen-bond acceptors (Lipinski definition) is 4. The zero-order valence-electron chi connectivity index (χ0n) is 8.16. The molecular weight excluding hydrogens is 172 g/mol. The highest BCUT2D eigenvalue weighted by Gasteiger charge is 2.17. The van der Waals surface area contributed by atoms with Gasteiger partial charge in [-0.05, 0) is 14.0 Å². The molecule has 0 aliphatic rings. The van der Waals surface area contributed by atoms with E-state index in [9.17, 15) is 4.79 Å². The molecule has 0 aliphatic heterocycles. The van der Waals surface area contributed by atoms with Crippen molar-refractivity contribution in [1.29, 1.82) is 0 Å². The summed E-state index contributed by atoms with van der Waals surface area (Å²) in [5, 5.41) is 20.1. The number of carbonyl (C=O) groups is 1. The van der Waals surface area contributed by atoms with Gasteiger partial charge in [-0.1, -0.05) is 0 Å². The van der Waals surface area contributed by atoms with Crippen LogP contribution in [0.25, 0.3) is 0 Å². The average Bonchev–Trinajstić information content (AvgIpc) is 2.15. The van der Waals surface area contributed by atoms with Gasteiger partial charge < -0.3 is 20.4 Å². The maximum Gasteiger partial charge on any atom is 0.239 e. The van der Waals surface area contributed by atoms with Crippen molar-refractivity contribution >= 4 is 5.91 Å². The van der Waals surface area contributed by atoms with Crippen LogP contribution in [0.5, 0.6) is 0 Å². The predicted octanol–water partition coefficient (Wildman–Crippen LogP) is -1.59. The van der Waals surface area contributed by atoms with E-state index in [1.165, 1.54) is 4.90 Å². The molecule has 0 bridgehead atoms. The number of nitrogens with zero attached hydrogens (tertiary/aromatic N) is 1. The lowest BCUT2D eigenvalue weighted by Gasteiger charge is -2.23. The molecule has 0 aliphatic carbocycles. The first kappa shape index (κ1) is 12.3. The molecule has 0 aromatic rings. The molecule has 0 saturated carbocycles. The third-order valence-electron chi connectivity index (χ3n) is 1.85. The summed E-state index contributed by atoms with van der Waals surface area (Å²) in [7, 11) is 1.69. The summed E-state index contributed by atoms with van der Waals surface area (Å²) in [6, 6.07) is -0.280. The second kappa shape index (κ2) is 6.82. The maximum absolute atomic E-state index is 11.5. The molecule has 5 nitrogen and oxygen atoms in total. The van der Waals surface area contributed by atoms with Crippen molar-refractivity contribution in [2.75, 3.05) is 33.4 Å². The van der Waals surface area contributed by atoms with E-state index in [1.54, 1.807) is 14.0 Å². The summed E-state index contributed by atoms with van der Waals surface area (Å²) >= 11 is 0. The molecule has 0 saturated heterocycles. The molecule has 0 rings (SSSR count). The lowest BCUT2D eigenvalue weighted by Crippen LogP contribution is -2.45. The first-order valence-electron chi connectivity index (χ1n) is 4.35. The first-order chi connectivity index (χ1) is 6.17. The first-order valence-corrected chi connectivity index (χ1v) is 4.35. The molecule has 0 fully saturated rings. The highest BCUT2D eigenvalue weighted by molar-refractivity contribution is 5.81. The molecule has 0 radical (unpaired) electrons. The highest BCUT2D eigenvalue weighted by atomic mass is 16.3. The fraction of sp³-hybridized carbons (Fsp3) is 0.875. The molecule has 5 heteroatoms. The second-order valence-corrected chi connectivity index (χ2v) is 2.78. The van der Waals surface area contributed by atoms with Crippen LogP contribution in [-0.4, -0.2) is 60.4 Å². The summed E-state index contributed by atoms with van der Waals surface area (Å²) in [5.41, 5.74) is 0. The van der Waals surface area contributed by atoms with Gasteiger partial charge in [0.2, 0.25) is 5.91 Å². The SMILES string of the molecule is CNC(C)C(=O)N(CCO)CCO. The quantitative estimate of drug-likeness (QED) is 0.472. The van der Waals surface area contributed by atoms with E-state index in [4.69, 9.17) is 10.2 Å². The largest absolute Gasteiger partial charge is 0.395 e. The minimum absolute atomic E-state index is 0.0812. The van der Waals surface area contributed by atoms with Crippen molar-refractivity contribution in [2.45, 2.75) is 13.0 Å². The van der Waals surface area contributed by atoms with Crippen LogP contribution in [0.2, 0.25) is 0 Å². The highest BCUT2D eigenvalue weighted by Crippen LogP contribution is 1.93. The lowest BCUT2D eigenvalue weighted by molar-refractivity contribution is -0.133. The summed E-state index contributed by atoms with van der Waals surface area (Å²) in [5.74, 6) is -0.106. The van der Waals surface area contributed by atoms with Gasteiger partial charge in [-0.15, -0.1) is 0 Å². The van der Waals surface area contributed by atoms with Crippen LogP contribution in [0.3, 0.4) is 0 Å². The summed E-state index contributed by atoms with van der Waals surface area (Å²) in [6.07, 6.45) is 0. The standard InChI is InChI=1S/C8H18N2O3/c1-7(9-2)8(13)10(3-5-11)4-6-12/h7,9,11-12H,3-6H2,1-2H3. The van der Waals surface area contributed by atoms with Gasteiger partial charge in [-0.2, -0.15) is 0 Å². The predicted molar refractivity (Wildman–Crippen MR) is 49.3 cm³/mol. The van der Waals surface area contributed by atoms with Crippen LogP contribution >= 0.6 is 0 Å². The van der Waals surface area contributed by atoms with Crippen molar-refractivity contribution in [1.82, 2.24) is 10.2 Å². The Kier molecular flexibility index (Phi) is 6.48. The second-order valence-electron chi connectivity index (χ2n) is 2.78. The Bertz CT molecular complexity index is 146. The molecule has 78 valence electrons. The number of rotatable bonds is 6. The van der Waals surface area contributed by atoms with Crippen LogP contribution < -0.4 is 5.32 Å². The van der Waals surface area contributed by atoms with E-state index >= 15 is 0 Å². The van der Waals surface area contributed by atoms with Crippen molar-refractivity contribution < 1.29 is 15.0 Å². The number of nitrogens with one attached hydrogen (secondary N) is 1. The van der Waals surface area contributed by atoms with Gasteiger partial charge in [0, 0.05) is 13.1 Å². The third-order valence-corrected chi connectivity index (χ3v) is 1.85. The molecule has 3 N–H and O–H groups in total. The molecular formula is C8H18N2O3. The third kappa shape index (κ3) is 4.21. The number of hydrogen-bond donors (Lipinski definition) is 3. The molecule has 0 heterocycles. The Hall–Kier alpha value is -0.650. The van der Waals surface area contributed by atoms with Crippen molar-refractivity contribution in [2.24, 2.45) is 0 Å². The number of aliphatic hydroxyl groups is 2. The number of aliphatic hydroxyl groups excluding tert-OH is 2. The van der Waals surface area contributed by atoms with E-state index in [1.807, 2.05) is 0 Å². The molecule has 13 heavy (non-hydrogen) atoms. The topological polar surface area (TPSA) is 72.8 Å². The van der Waals surface area contributed by atoms with Crippen LogP contribution in [0.1, 0.15) is 6.92 Å². The van der Waals surface area contributed by atoms with E-state index in [-0.39, 0.29) is 38.3 Å². The van der Waals surface area contributed by atoms with Gasteiger partial charge in [0.15, 0.2) is 0 Å².